The summed E-state index contributed by atoms with van der Waals surface area (Å²) in [6.45, 7) is 7.22. The fourth-order valence-electron chi connectivity index (χ4n) is 3.39. The number of benzene rings is 1. The maximum absolute atomic E-state index is 12.6. The lowest BCUT2D eigenvalue weighted by atomic mass is 10.0. The van der Waals surface area contributed by atoms with Gasteiger partial charge in [-0.25, -0.2) is 8.42 Å². The fraction of sp³-hybridized carbons (Fsp3) is 0.579. The number of carbonyl (C=O) groups is 2. The first-order valence-corrected chi connectivity index (χ1v) is 11.4. The Morgan fingerprint density at radius 1 is 1.29 bits per heavy atom. The van der Waals surface area contributed by atoms with Gasteiger partial charge in [0.25, 0.3) is 5.91 Å². The van der Waals surface area contributed by atoms with E-state index in [0.29, 0.717) is 18.2 Å². The second kappa shape index (κ2) is 9.88. The first-order valence-electron chi connectivity index (χ1n) is 9.54. The highest BCUT2D eigenvalue weighted by molar-refractivity contribution is 7.92. The van der Waals surface area contributed by atoms with Crippen LogP contribution in [0.2, 0.25) is 0 Å². The average molecular weight is 411 g/mol. The van der Waals surface area contributed by atoms with Crippen molar-refractivity contribution in [3.8, 4) is 0 Å². The van der Waals surface area contributed by atoms with Gasteiger partial charge in [-0.1, -0.05) is 6.92 Å². The third-order valence-electron chi connectivity index (χ3n) is 4.56. The second-order valence-electron chi connectivity index (χ2n) is 7.47. The summed E-state index contributed by atoms with van der Waals surface area (Å²) in [6, 6.07) is 4.48. The van der Waals surface area contributed by atoms with E-state index in [4.69, 9.17) is 0 Å². The first kappa shape index (κ1) is 22.2. The van der Waals surface area contributed by atoms with Crippen molar-refractivity contribution in [3.05, 3.63) is 23.8 Å². The molecule has 1 atom stereocenters. The molecule has 156 valence electrons. The number of likely N-dealkylation sites (tertiary alicyclic amines) is 1. The number of hydrogen-bond acceptors (Lipinski definition) is 5. The number of anilines is 2. The van der Waals surface area contributed by atoms with Crippen LogP contribution in [-0.4, -0.2) is 57.6 Å². The lowest BCUT2D eigenvalue weighted by molar-refractivity contribution is -0.114. The SMILES string of the molecule is CC(=O)Nc1ccc(NS(C)(=O)=O)c(C(=O)NCCCN2CCCC(C)C2)c1. The molecule has 1 aromatic carbocycles. The van der Waals surface area contributed by atoms with Crippen molar-refractivity contribution < 1.29 is 18.0 Å². The first-order chi connectivity index (χ1) is 13.1. The Kier molecular flexibility index (Phi) is 7.82. The minimum atomic E-state index is -3.54. The molecule has 0 saturated carbocycles. The third-order valence-corrected chi connectivity index (χ3v) is 5.15. The van der Waals surface area contributed by atoms with Gasteiger partial charge in [-0.3, -0.25) is 14.3 Å². The van der Waals surface area contributed by atoms with E-state index in [1.807, 2.05) is 0 Å². The van der Waals surface area contributed by atoms with Crippen molar-refractivity contribution in [1.82, 2.24) is 10.2 Å². The van der Waals surface area contributed by atoms with Crippen LogP contribution in [0.25, 0.3) is 0 Å². The van der Waals surface area contributed by atoms with Crippen LogP contribution < -0.4 is 15.4 Å². The molecule has 3 N–H and O–H groups in total. The summed E-state index contributed by atoms with van der Waals surface area (Å²) in [5.41, 5.74) is 0.779. The molecular formula is C19H30N4O4S. The highest BCUT2D eigenvalue weighted by Gasteiger charge is 2.17. The van der Waals surface area contributed by atoms with Gasteiger partial charge in [0.1, 0.15) is 0 Å². The van der Waals surface area contributed by atoms with Gasteiger partial charge in [0, 0.05) is 25.7 Å². The summed E-state index contributed by atoms with van der Waals surface area (Å²) in [4.78, 5) is 26.3. The molecule has 1 unspecified atom stereocenters. The lowest BCUT2D eigenvalue weighted by Crippen LogP contribution is -2.36. The van der Waals surface area contributed by atoms with Crippen LogP contribution in [-0.2, 0) is 14.8 Å². The summed E-state index contributed by atoms with van der Waals surface area (Å²) < 4.78 is 25.5. The lowest BCUT2D eigenvalue weighted by Gasteiger charge is -2.30. The van der Waals surface area contributed by atoms with Crippen LogP contribution in [0.5, 0.6) is 0 Å². The van der Waals surface area contributed by atoms with Crippen molar-refractivity contribution in [1.29, 1.82) is 0 Å². The standard InChI is InChI=1S/C19H30N4O4S/c1-14-6-4-10-23(13-14)11-5-9-20-19(25)17-12-16(21-15(2)24)7-8-18(17)22-28(3,26)27/h7-8,12,14,22H,4-6,9-11,13H2,1-3H3,(H,20,25)(H,21,24). The van der Waals surface area contributed by atoms with Crippen LogP contribution in [0.4, 0.5) is 11.4 Å². The number of nitrogens with one attached hydrogen (secondary N) is 3. The smallest absolute Gasteiger partial charge is 0.253 e. The van der Waals surface area contributed by atoms with E-state index < -0.39 is 10.0 Å². The fourth-order valence-corrected chi connectivity index (χ4v) is 3.97. The molecule has 1 aromatic rings. The number of nitrogens with zero attached hydrogens (tertiary/aromatic N) is 1. The van der Waals surface area contributed by atoms with Crippen LogP contribution >= 0.6 is 0 Å². The maximum atomic E-state index is 12.6. The molecule has 1 heterocycles. The Morgan fingerprint density at radius 3 is 2.68 bits per heavy atom. The largest absolute Gasteiger partial charge is 0.352 e. The maximum Gasteiger partial charge on any atom is 0.253 e. The van der Waals surface area contributed by atoms with E-state index in [1.165, 1.54) is 31.9 Å². The molecule has 1 saturated heterocycles. The van der Waals surface area contributed by atoms with Gasteiger partial charge in [-0.2, -0.15) is 0 Å². The van der Waals surface area contributed by atoms with Crippen molar-refractivity contribution in [2.24, 2.45) is 5.92 Å². The molecule has 0 aliphatic carbocycles. The van der Waals surface area contributed by atoms with Gasteiger partial charge >= 0.3 is 0 Å². The summed E-state index contributed by atoms with van der Waals surface area (Å²) in [7, 11) is -3.54. The number of amides is 2. The van der Waals surface area contributed by atoms with Crippen molar-refractivity contribution in [2.45, 2.75) is 33.1 Å². The summed E-state index contributed by atoms with van der Waals surface area (Å²) >= 11 is 0. The van der Waals surface area contributed by atoms with E-state index in [-0.39, 0.29) is 23.1 Å². The van der Waals surface area contributed by atoms with Crippen molar-refractivity contribution >= 4 is 33.2 Å². The molecule has 1 aliphatic heterocycles. The molecule has 8 nitrogen and oxygen atoms in total. The van der Waals surface area contributed by atoms with Crippen LogP contribution in [0.1, 0.15) is 43.5 Å². The molecule has 0 aromatic heterocycles. The number of carbonyl (C=O) groups excluding carboxylic acids is 2. The van der Waals surface area contributed by atoms with E-state index in [1.54, 1.807) is 6.07 Å². The minimum absolute atomic E-state index is 0.170. The van der Waals surface area contributed by atoms with Gasteiger partial charge in [-0.15, -0.1) is 0 Å². The number of sulfonamides is 1. The number of rotatable bonds is 8. The van der Waals surface area contributed by atoms with E-state index in [2.05, 4.69) is 27.2 Å². The van der Waals surface area contributed by atoms with Crippen LogP contribution in [0, 0.1) is 5.92 Å². The predicted octanol–water partition coefficient (Wildman–Crippen LogP) is 1.87. The Hall–Kier alpha value is -2.13. The van der Waals surface area contributed by atoms with Gasteiger partial charge in [-0.05, 0) is 56.5 Å². The molecule has 0 spiro atoms. The molecule has 1 fully saturated rings. The van der Waals surface area contributed by atoms with E-state index in [0.717, 1.165) is 32.3 Å². The zero-order valence-corrected chi connectivity index (χ0v) is 17.6. The zero-order valence-electron chi connectivity index (χ0n) is 16.7. The van der Waals surface area contributed by atoms with Gasteiger partial charge in [0.05, 0.1) is 17.5 Å². The van der Waals surface area contributed by atoms with Crippen LogP contribution in [0.3, 0.4) is 0 Å². The second-order valence-corrected chi connectivity index (χ2v) is 9.22. The topological polar surface area (TPSA) is 108 Å². The predicted molar refractivity (Wildman–Crippen MR) is 111 cm³/mol. The quantitative estimate of drug-likeness (QED) is 0.567. The Morgan fingerprint density at radius 2 is 2.04 bits per heavy atom. The zero-order chi connectivity index (χ0) is 20.7. The molecule has 2 amide bonds. The molecule has 9 heteroatoms. The third kappa shape index (κ3) is 7.47. The summed E-state index contributed by atoms with van der Waals surface area (Å²) in [6.07, 6.45) is 4.33. The molecule has 1 aliphatic rings. The molecule has 0 radical (unpaired) electrons. The minimum Gasteiger partial charge on any atom is -0.352 e. The average Bonchev–Trinajstić information content (AvgIpc) is 2.58. The highest BCUT2D eigenvalue weighted by Crippen LogP contribution is 2.22. The monoisotopic (exact) mass is 410 g/mol. The highest BCUT2D eigenvalue weighted by atomic mass is 32.2. The Balaban J connectivity index is 1.99. The van der Waals surface area contributed by atoms with E-state index in [9.17, 15) is 18.0 Å². The number of piperidine rings is 1. The van der Waals surface area contributed by atoms with Crippen LogP contribution in [0.15, 0.2) is 18.2 Å². The summed E-state index contributed by atoms with van der Waals surface area (Å²) in [5, 5.41) is 5.44. The molecule has 2 rings (SSSR count). The molecule has 0 bridgehead atoms. The Labute approximate surface area is 167 Å². The number of hydrogen-bond donors (Lipinski definition) is 3. The molecule has 28 heavy (non-hydrogen) atoms. The van der Waals surface area contributed by atoms with E-state index >= 15 is 0 Å². The molecular weight excluding hydrogens is 380 g/mol. The van der Waals surface area contributed by atoms with Gasteiger partial charge in [0.2, 0.25) is 15.9 Å². The van der Waals surface area contributed by atoms with Crippen molar-refractivity contribution in [3.63, 3.8) is 0 Å². The summed E-state index contributed by atoms with van der Waals surface area (Å²) in [5.74, 6) is 0.0563. The van der Waals surface area contributed by atoms with Gasteiger partial charge < -0.3 is 15.5 Å². The van der Waals surface area contributed by atoms with Gasteiger partial charge in [0.15, 0.2) is 0 Å². The van der Waals surface area contributed by atoms with Crippen molar-refractivity contribution in [2.75, 3.05) is 42.5 Å². The normalized spacial score (nSPS) is 17.8. The Bertz CT molecular complexity index is 810.